The lowest BCUT2D eigenvalue weighted by Crippen LogP contribution is -2.36. The average Bonchev–Trinajstić information content (AvgIpc) is 3.04. The van der Waals surface area contributed by atoms with Crippen LogP contribution in [0.2, 0.25) is 0 Å². The van der Waals surface area contributed by atoms with Crippen LogP contribution in [-0.4, -0.2) is 32.3 Å². The average molecular weight is 334 g/mol. The molecule has 0 saturated carbocycles. The Kier molecular flexibility index (Phi) is 4.01. The van der Waals surface area contributed by atoms with Gasteiger partial charge in [-0.2, -0.15) is 0 Å². The van der Waals surface area contributed by atoms with E-state index in [1.165, 1.54) is 6.20 Å². The maximum absolute atomic E-state index is 12.6. The summed E-state index contributed by atoms with van der Waals surface area (Å²) in [5.41, 5.74) is 3.15. The summed E-state index contributed by atoms with van der Waals surface area (Å²) in [6, 6.07) is 10.1. The van der Waals surface area contributed by atoms with Crippen LogP contribution in [0.1, 0.15) is 39.1 Å². The molecule has 3 aromatic rings. The van der Waals surface area contributed by atoms with Crippen LogP contribution in [0, 0.1) is 6.92 Å². The molecule has 0 spiro atoms. The minimum atomic E-state index is -0.120. The summed E-state index contributed by atoms with van der Waals surface area (Å²) >= 11 is 0. The van der Waals surface area contributed by atoms with Crippen LogP contribution in [0.3, 0.4) is 0 Å². The maximum atomic E-state index is 12.6. The maximum Gasteiger partial charge on any atom is 0.274 e. The van der Waals surface area contributed by atoms with E-state index in [-0.39, 0.29) is 5.91 Å². The topological polar surface area (TPSA) is 72.1 Å². The summed E-state index contributed by atoms with van der Waals surface area (Å²) in [5, 5.41) is 0. The van der Waals surface area contributed by atoms with E-state index in [4.69, 9.17) is 4.42 Å². The molecule has 0 radical (unpaired) electrons. The van der Waals surface area contributed by atoms with Gasteiger partial charge in [-0.25, -0.2) is 9.97 Å². The Hall–Kier alpha value is -3.02. The molecule has 6 heteroatoms. The lowest BCUT2D eigenvalue weighted by molar-refractivity contribution is 0.0721. The lowest BCUT2D eigenvalue weighted by atomic mass is 10.1. The molecule has 0 atom stereocenters. The smallest absolute Gasteiger partial charge is 0.274 e. The van der Waals surface area contributed by atoms with Crippen molar-refractivity contribution in [1.82, 2.24) is 19.9 Å². The van der Waals surface area contributed by atoms with E-state index in [1.54, 1.807) is 11.1 Å². The molecule has 1 aliphatic rings. The minimum absolute atomic E-state index is 0.120. The Morgan fingerprint density at radius 3 is 2.80 bits per heavy atom. The summed E-state index contributed by atoms with van der Waals surface area (Å²) < 4.78 is 5.88. The zero-order valence-corrected chi connectivity index (χ0v) is 14.0. The van der Waals surface area contributed by atoms with Crippen LogP contribution >= 0.6 is 0 Å². The van der Waals surface area contributed by atoms with Crippen LogP contribution in [0.15, 0.2) is 47.1 Å². The number of aryl methyl sites for hydroxylation is 1. The first kappa shape index (κ1) is 15.5. The quantitative estimate of drug-likeness (QED) is 0.736. The third kappa shape index (κ3) is 3.28. The number of nitrogens with zero attached hydrogens (tertiary/aromatic N) is 4. The summed E-state index contributed by atoms with van der Waals surface area (Å²) in [6.07, 6.45) is 4.46. The Bertz CT molecular complexity index is 888. The van der Waals surface area contributed by atoms with Gasteiger partial charge in [0.25, 0.3) is 5.91 Å². The van der Waals surface area contributed by atoms with Crippen molar-refractivity contribution >= 4 is 5.91 Å². The van der Waals surface area contributed by atoms with Gasteiger partial charge in [-0.3, -0.25) is 9.78 Å². The Morgan fingerprint density at radius 1 is 1.20 bits per heavy atom. The monoisotopic (exact) mass is 334 g/mol. The summed E-state index contributed by atoms with van der Waals surface area (Å²) in [4.78, 5) is 27.2. The number of rotatable bonds is 3. The van der Waals surface area contributed by atoms with E-state index in [1.807, 2.05) is 25.1 Å². The SMILES string of the molecule is Cc1cnc(C(=O)N2CCc3oc(Cc4ccccc4)nc3C2)cn1. The number of fused-ring (bicyclic) bond motifs is 1. The molecule has 25 heavy (non-hydrogen) atoms. The third-order valence-electron chi connectivity index (χ3n) is 4.26. The molecule has 0 aliphatic carbocycles. The molecule has 2 aromatic heterocycles. The fourth-order valence-electron chi connectivity index (χ4n) is 2.94. The fourth-order valence-corrected chi connectivity index (χ4v) is 2.94. The molecule has 126 valence electrons. The predicted molar refractivity (Wildman–Crippen MR) is 91.0 cm³/mol. The number of hydrogen-bond acceptors (Lipinski definition) is 5. The number of carbonyl (C=O) groups excluding carboxylic acids is 1. The van der Waals surface area contributed by atoms with E-state index >= 15 is 0 Å². The van der Waals surface area contributed by atoms with Gasteiger partial charge >= 0.3 is 0 Å². The molecule has 6 nitrogen and oxygen atoms in total. The molecule has 0 unspecified atom stereocenters. The van der Waals surface area contributed by atoms with Gasteiger partial charge in [0.15, 0.2) is 5.89 Å². The second-order valence-corrected chi connectivity index (χ2v) is 6.16. The van der Waals surface area contributed by atoms with Crippen molar-refractivity contribution in [2.75, 3.05) is 6.54 Å². The van der Waals surface area contributed by atoms with E-state index < -0.39 is 0 Å². The molecule has 0 saturated heterocycles. The molecule has 1 aromatic carbocycles. The zero-order chi connectivity index (χ0) is 17.2. The number of oxazole rings is 1. The van der Waals surface area contributed by atoms with Crippen LogP contribution in [0.5, 0.6) is 0 Å². The van der Waals surface area contributed by atoms with Gasteiger partial charge in [-0.15, -0.1) is 0 Å². The number of hydrogen-bond donors (Lipinski definition) is 0. The van der Waals surface area contributed by atoms with Gasteiger partial charge in [0.05, 0.1) is 18.4 Å². The first-order chi connectivity index (χ1) is 12.2. The van der Waals surface area contributed by atoms with Crippen molar-refractivity contribution in [2.24, 2.45) is 0 Å². The largest absolute Gasteiger partial charge is 0.445 e. The lowest BCUT2D eigenvalue weighted by Gasteiger charge is -2.24. The van der Waals surface area contributed by atoms with Crippen LogP contribution in [0.25, 0.3) is 0 Å². The molecular weight excluding hydrogens is 316 g/mol. The van der Waals surface area contributed by atoms with Gasteiger partial charge < -0.3 is 9.32 Å². The highest BCUT2D eigenvalue weighted by Gasteiger charge is 2.26. The molecule has 1 amide bonds. The van der Waals surface area contributed by atoms with Crippen molar-refractivity contribution in [3.8, 4) is 0 Å². The van der Waals surface area contributed by atoms with E-state index in [0.717, 1.165) is 22.7 Å². The van der Waals surface area contributed by atoms with Crippen LogP contribution in [0.4, 0.5) is 0 Å². The first-order valence-corrected chi connectivity index (χ1v) is 8.28. The highest BCUT2D eigenvalue weighted by molar-refractivity contribution is 5.92. The van der Waals surface area contributed by atoms with Gasteiger partial charge in [0.2, 0.25) is 0 Å². The summed E-state index contributed by atoms with van der Waals surface area (Å²) in [5.74, 6) is 1.45. The van der Waals surface area contributed by atoms with E-state index in [9.17, 15) is 4.79 Å². The van der Waals surface area contributed by atoms with Crippen molar-refractivity contribution in [2.45, 2.75) is 26.3 Å². The first-order valence-electron chi connectivity index (χ1n) is 8.28. The van der Waals surface area contributed by atoms with Gasteiger partial charge in [-0.1, -0.05) is 30.3 Å². The molecule has 1 aliphatic heterocycles. The molecular formula is C19H18N4O2. The second kappa shape index (κ2) is 6.47. The summed E-state index contributed by atoms with van der Waals surface area (Å²) in [6.45, 7) is 2.89. The minimum Gasteiger partial charge on any atom is -0.445 e. The van der Waals surface area contributed by atoms with Gasteiger partial charge in [0, 0.05) is 25.6 Å². The van der Waals surface area contributed by atoms with E-state index in [2.05, 4.69) is 27.1 Å². The molecule has 4 rings (SSSR count). The van der Waals surface area contributed by atoms with Gasteiger partial charge in [0.1, 0.15) is 17.1 Å². The zero-order valence-electron chi connectivity index (χ0n) is 14.0. The van der Waals surface area contributed by atoms with Crippen molar-refractivity contribution in [3.63, 3.8) is 0 Å². The number of benzene rings is 1. The molecule has 0 fully saturated rings. The standard InChI is InChI=1S/C19H18N4O2/c1-13-10-21-15(11-20-13)19(24)23-8-7-17-16(12-23)22-18(25-17)9-14-5-3-2-4-6-14/h2-6,10-11H,7-9,12H2,1H3. The summed E-state index contributed by atoms with van der Waals surface area (Å²) in [7, 11) is 0. The van der Waals surface area contributed by atoms with Gasteiger partial charge in [-0.05, 0) is 12.5 Å². The Balaban J connectivity index is 1.49. The Labute approximate surface area is 145 Å². The molecule has 0 N–H and O–H groups in total. The molecule has 0 bridgehead atoms. The third-order valence-corrected chi connectivity index (χ3v) is 4.26. The number of carbonyl (C=O) groups is 1. The van der Waals surface area contributed by atoms with Crippen LogP contribution in [-0.2, 0) is 19.4 Å². The second-order valence-electron chi connectivity index (χ2n) is 6.16. The van der Waals surface area contributed by atoms with Crippen LogP contribution < -0.4 is 0 Å². The highest BCUT2D eigenvalue weighted by Crippen LogP contribution is 2.22. The fraction of sp³-hybridized carbons (Fsp3) is 0.263. The van der Waals surface area contributed by atoms with Crippen molar-refractivity contribution < 1.29 is 9.21 Å². The molecule has 3 heterocycles. The number of amides is 1. The van der Waals surface area contributed by atoms with Crippen molar-refractivity contribution in [1.29, 1.82) is 0 Å². The highest BCUT2D eigenvalue weighted by atomic mass is 16.4. The van der Waals surface area contributed by atoms with E-state index in [0.29, 0.717) is 37.5 Å². The Morgan fingerprint density at radius 2 is 2.04 bits per heavy atom. The predicted octanol–water partition coefficient (Wildman–Crippen LogP) is 2.56. The van der Waals surface area contributed by atoms with Crippen molar-refractivity contribution in [3.05, 3.63) is 77.0 Å². The number of aromatic nitrogens is 3. The normalized spacial score (nSPS) is 13.6.